The minimum atomic E-state index is -0.764. The van der Waals surface area contributed by atoms with Gasteiger partial charge in [-0.2, -0.15) is 5.10 Å². The Balaban J connectivity index is 1.92. The summed E-state index contributed by atoms with van der Waals surface area (Å²) < 4.78 is 1.70. The highest BCUT2D eigenvalue weighted by atomic mass is 16.3. The maximum atomic E-state index is 10.8. The zero-order valence-corrected chi connectivity index (χ0v) is 11.1. The zero-order valence-electron chi connectivity index (χ0n) is 11.1. The van der Waals surface area contributed by atoms with Crippen LogP contribution in [0.4, 0.5) is 0 Å². The first-order chi connectivity index (χ1) is 10.3. The molecule has 0 aliphatic carbocycles. The second kappa shape index (κ2) is 4.64. The van der Waals surface area contributed by atoms with Crippen LogP contribution in [0.25, 0.3) is 16.3 Å². The van der Waals surface area contributed by atoms with Crippen LogP contribution in [0.2, 0.25) is 0 Å². The van der Waals surface area contributed by atoms with Gasteiger partial charge < -0.3 is 5.11 Å². The minimum Gasteiger partial charge on any atom is -0.383 e. The Hall–Kier alpha value is -2.79. The Kier molecular flexibility index (Phi) is 2.65. The predicted octanol–water partition coefficient (Wildman–Crippen LogP) is 2.36. The Labute approximate surface area is 120 Å². The number of nitrogens with zero attached hydrogens (tertiary/aromatic N) is 4. The maximum Gasteiger partial charge on any atom is 0.108 e. The molecule has 5 heteroatoms. The highest BCUT2D eigenvalue weighted by Crippen LogP contribution is 2.30. The molecule has 0 aliphatic rings. The van der Waals surface area contributed by atoms with Crippen LogP contribution in [0.1, 0.15) is 17.2 Å². The lowest BCUT2D eigenvalue weighted by atomic mass is 9.98. The molecule has 1 unspecified atom stereocenters. The van der Waals surface area contributed by atoms with Crippen LogP contribution in [-0.2, 0) is 0 Å². The standard InChI is InChI=1S/C16H12N4O/c21-16(14-9-19-20-7-6-18-10-15(14)20)12-3-1-2-11-4-5-17-8-13(11)12/h1-10,16,21H. The second-order valence-corrected chi connectivity index (χ2v) is 4.85. The van der Waals surface area contributed by atoms with Crippen molar-refractivity contribution in [2.45, 2.75) is 6.10 Å². The molecule has 0 fully saturated rings. The number of fused-ring (bicyclic) bond motifs is 2. The van der Waals surface area contributed by atoms with Crippen LogP contribution in [0, 0.1) is 0 Å². The van der Waals surface area contributed by atoms with Crippen LogP contribution in [0.3, 0.4) is 0 Å². The molecule has 102 valence electrons. The van der Waals surface area contributed by atoms with Crippen LogP contribution in [0.15, 0.2) is 61.4 Å². The number of hydrogen-bond donors (Lipinski definition) is 1. The van der Waals surface area contributed by atoms with Gasteiger partial charge >= 0.3 is 0 Å². The lowest BCUT2D eigenvalue weighted by Crippen LogP contribution is -2.00. The maximum absolute atomic E-state index is 10.8. The molecule has 0 spiro atoms. The van der Waals surface area contributed by atoms with E-state index in [1.807, 2.05) is 24.3 Å². The molecule has 0 bridgehead atoms. The normalized spacial score (nSPS) is 12.8. The minimum absolute atomic E-state index is 0.736. The van der Waals surface area contributed by atoms with E-state index in [-0.39, 0.29) is 0 Å². The molecule has 5 nitrogen and oxygen atoms in total. The van der Waals surface area contributed by atoms with Gasteiger partial charge in [0, 0.05) is 35.7 Å². The van der Waals surface area contributed by atoms with Crippen LogP contribution in [0.5, 0.6) is 0 Å². The van der Waals surface area contributed by atoms with Gasteiger partial charge in [0.05, 0.1) is 17.9 Å². The first-order valence-corrected chi connectivity index (χ1v) is 6.62. The monoisotopic (exact) mass is 276 g/mol. The summed E-state index contributed by atoms with van der Waals surface area (Å²) in [6.07, 6.45) is 9.56. The Bertz CT molecular complexity index is 926. The molecule has 1 N–H and O–H groups in total. The largest absolute Gasteiger partial charge is 0.383 e. The van der Waals surface area contributed by atoms with Crippen molar-refractivity contribution in [1.29, 1.82) is 0 Å². The third-order valence-corrected chi connectivity index (χ3v) is 3.66. The van der Waals surface area contributed by atoms with E-state index in [9.17, 15) is 5.11 Å². The fourth-order valence-electron chi connectivity index (χ4n) is 2.61. The SMILES string of the molecule is OC(c1cccc2ccncc12)c1cnn2ccncc12. The van der Waals surface area contributed by atoms with Crippen LogP contribution < -0.4 is 0 Å². The Morgan fingerprint density at radius 1 is 0.952 bits per heavy atom. The van der Waals surface area contributed by atoms with Gasteiger partial charge in [-0.25, -0.2) is 4.52 Å². The third-order valence-electron chi connectivity index (χ3n) is 3.66. The lowest BCUT2D eigenvalue weighted by molar-refractivity contribution is 0.223. The van der Waals surface area contributed by atoms with Crippen LogP contribution in [-0.4, -0.2) is 24.7 Å². The van der Waals surface area contributed by atoms with E-state index in [1.165, 1.54) is 0 Å². The highest BCUT2D eigenvalue weighted by Gasteiger charge is 2.17. The van der Waals surface area contributed by atoms with Gasteiger partial charge in [-0.1, -0.05) is 18.2 Å². The fraction of sp³-hybridized carbons (Fsp3) is 0.0625. The van der Waals surface area contributed by atoms with Crippen molar-refractivity contribution in [1.82, 2.24) is 19.6 Å². The van der Waals surface area contributed by atoms with Gasteiger partial charge in [-0.15, -0.1) is 0 Å². The fourth-order valence-corrected chi connectivity index (χ4v) is 2.61. The van der Waals surface area contributed by atoms with Gasteiger partial charge in [0.2, 0.25) is 0 Å². The third kappa shape index (κ3) is 1.86. The van der Waals surface area contributed by atoms with E-state index in [0.29, 0.717) is 0 Å². The summed E-state index contributed by atoms with van der Waals surface area (Å²) in [5.74, 6) is 0. The summed E-state index contributed by atoms with van der Waals surface area (Å²) in [5.41, 5.74) is 2.35. The molecule has 1 atom stereocenters. The van der Waals surface area contributed by atoms with Gasteiger partial charge in [-0.3, -0.25) is 9.97 Å². The molecule has 0 saturated heterocycles. The summed E-state index contributed by atoms with van der Waals surface area (Å²) in [5, 5.41) is 17.0. The second-order valence-electron chi connectivity index (χ2n) is 4.85. The van der Waals surface area contributed by atoms with Crippen molar-refractivity contribution in [3.8, 4) is 0 Å². The van der Waals surface area contributed by atoms with Gasteiger partial charge in [0.15, 0.2) is 0 Å². The summed E-state index contributed by atoms with van der Waals surface area (Å²) >= 11 is 0. The van der Waals surface area contributed by atoms with Crippen molar-refractivity contribution < 1.29 is 5.11 Å². The summed E-state index contributed by atoms with van der Waals surface area (Å²) in [6, 6.07) is 7.79. The quantitative estimate of drug-likeness (QED) is 0.610. The smallest absolute Gasteiger partial charge is 0.108 e. The van der Waals surface area contributed by atoms with Crippen molar-refractivity contribution in [2.24, 2.45) is 0 Å². The Morgan fingerprint density at radius 2 is 1.86 bits per heavy atom. The number of aromatic nitrogens is 4. The predicted molar refractivity (Wildman–Crippen MR) is 78.8 cm³/mol. The number of hydrogen-bond acceptors (Lipinski definition) is 4. The first kappa shape index (κ1) is 12.0. The summed E-state index contributed by atoms with van der Waals surface area (Å²) in [4.78, 5) is 8.26. The van der Waals surface area contributed by atoms with Gasteiger partial charge in [0.25, 0.3) is 0 Å². The molecule has 1 aromatic carbocycles. The highest BCUT2D eigenvalue weighted by molar-refractivity contribution is 5.85. The number of aliphatic hydroxyl groups is 1. The zero-order chi connectivity index (χ0) is 14.2. The molecule has 0 aliphatic heterocycles. The van der Waals surface area contributed by atoms with Crippen molar-refractivity contribution in [2.75, 3.05) is 0 Å². The van der Waals surface area contributed by atoms with E-state index in [0.717, 1.165) is 27.4 Å². The lowest BCUT2D eigenvalue weighted by Gasteiger charge is -2.12. The van der Waals surface area contributed by atoms with Crippen LogP contribution >= 0.6 is 0 Å². The molecule has 4 aromatic rings. The molecule has 0 radical (unpaired) electrons. The van der Waals surface area contributed by atoms with E-state index >= 15 is 0 Å². The van der Waals surface area contributed by atoms with Crippen molar-refractivity contribution in [3.05, 3.63) is 72.6 Å². The molecule has 3 heterocycles. The molecule has 3 aromatic heterocycles. The van der Waals surface area contributed by atoms with E-state index in [1.54, 1.807) is 41.7 Å². The van der Waals surface area contributed by atoms with Gasteiger partial charge in [0.1, 0.15) is 6.10 Å². The molecule has 0 amide bonds. The number of rotatable bonds is 2. The topological polar surface area (TPSA) is 63.3 Å². The summed E-state index contributed by atoms with van der Waals surface area (Å²) in [7, 11) is 0. The Morgan fingerprint density at radius 3 is 2.81 bits per heavy atom. The average Bonchev–Trinajstić information content (AvgIpc) is 2.98. The molecule has 0 saturated carbocycles. The van der Waals surface area contributed by atoms with E-state index in [4.69, 9.17) is 0 Å². The molecule has 4 rings (SSSR count). The number of benzene rings is 1. The number of aliphatic hydroxyl groups excluding tert-OH is 1. The molecular weight excluding hydrogens is 264 g/mol. The molecule has 21 heavy (non-hydrogen) atoms. The molecular formula is C16H12N4O. The van der Waals surface area contributed by atoms with Crippen molar-refractivity contribution in [3.63, 3.8) is 0 Å². The number of pyridine rings is 1. The van der Waals surface area contributed by atoms with Gasteiger partial charge in [-0.05, 0) is 17.0 Å². The van der Waals surface area contributed by atoms with E-state index < -0.39 is 6.10 Å². The van der Waals surface area contributed by atoms with Crippen molar-refractivity contribution >= 4 is 16.3 Å². The average molecular weight is 276 g/mol. The van der Waals surface area contributed by atoms with E-state index in [2.05, 4.69) is 15.1 Å². The summed E-state index contributed by atoms with van der Waals surface area (Å²) in [6.45, 7) is 0. The first-order valence-electron chi connectivity index (χ1n) is 6.62.